The van der Waals surface area contributed by atoms with Crippen molar-refractivity contribution in [3.8, 4) is 11.5 Å². The lowest BCUT2D eigenvalue weighted by Gasteiger charge is -2.09. The van der Waals surface area contributed by atoms with Gasteiger partial charge in [0.2, 0.25) is 0 Å². The first-order chi connectivity index (χ1) is 8.95. The Morgan fingerprint density at radius 3 is 2.58 bits per heavy atom. The van der Waals surface area contributed by atoms with Gasteiger partial charge in [0.05, 0.1) is 5.02 Å². The summed E-state index contributed by atoms with van der Waals surface area (Å²) in [5, 5.41) is 0.299. The van der Waals surface area contributed by atoms with Crippen LogP contribution in [0.15, 0.2) is 40.9 Å². The van der Waals surface area contributed by atoms with Gasteiger partial charge >= 0.3 is 0 Å². The number of carbonyl (C=O) groups is 1. The Morgan fingerprint density at radius 2 is 2.00 bits per heavy atom. The van der Waals surface area contributed by atoms with Crippen LogP contribution in [0.25, 0.3) is 0 Å². The third kappa shape index (κ3) is 3.55. The van der Waals surface area contributed by atoms with Gasteiger partial charge in [-0.25, -0.2) is 4.39 Å². The van der Waals surface area contributed by atoms with Crippen molar-refractivity contribution in [3.05, 3.63) is 57.3 Å². The second-order valence-electron chi connectivity index (χ2n) is 3.91. The Morgan fingerprint density at radius 1 is 1.26 bits per heavy atom. The third-order valence-electron chi connectivity index (χ3n) is 2.40. The lowest BCUT2D eigenvalue weighted by atomic mass is 10.1. The lowest BCUT2D eigenvalue weighted by molar-refractivity contribution is 0.101. The molecule has 19 heavy (non-hydrogen) atoms. The molecule has 0 aliphatic rings. The molecule has 2 rings (SSSR count). The minimum atomic E-state index is -0.416. The molecule has 0 spiro atoms. The maximum absolute atomic E-state index is 13.2. The summed E-state index contributed by atoms with van der Waals surface area (Å²) in [5.74, 6) is 0.191. The van der Waals surface area contributed by atoms with Crippen LogP contribution in [0.3, 0.4) is 0 Å². The number of hydrogen-bond acceptors (Lipinski definition) is 2. The molecule has 2 aromatic carbocycles. The van der Waals surface area contributed by atoms with Crippen molar-refractivity contribution in [1.82, 2.24) is 0 Å². The van der Waals surface area contributed by atoms with Crippen molar-refractivity contribution in [2.75, 3.05) is 0 Å². The second kappa shape index (κ2) is 5.72. The molecule has 2 nitrogen and oxygen atoms in total. The van der Waals surface area contributed by atoms with Gasteiger partial charge in [0, 0.05) is 16.1 Å². The van der Waals surface area contributed by atoms with E-state index in [9.17, 15) is 9.18 Å². The van der Waals surface area contributed by atoms with Crippen LogP contribution >= 0.6 is 27.5 Å². The minimum absolute atomic E-state index is 0.0815. The average molecular weight is 344 g/mol. The average Bonchev–Trinajstić information content (AvgIpc) is 2.30. The molecule has 0 unspecified atom stereocenters. The molecule has 0 heterocycles. The highest BCUT2D eigenvalue weighted by Crippen LogP contribution is 2.31. The fraction of sp³-hybridized carbons (Fsp3) is 0.0714. The normalized spacial score (nSPS) is 10.3. The highest BCUT2D eigenvalue weighted by molar-refractivity contribution is 9.10. The molecule has 0 aliphatic carbocycles. The Labute approximate surface area is 123 Å². The molecule has 0 N–H and O–H groups in total. The highest BCUT2D eigenvalue weighted by atomic mass is 79.9. The molecule has 0 amide bonds. The summed E-state index contributed by atoms with van der Waals surface area (Å²) in [5.41, 5.74) is 0.498. The van der Waals surface area contributed by atoms with Gasteiger partial charge in [-0.1, -0.05) is 27.5 Å². The molecule has 0 atom stereocenters. The Bertz CT molecular complexity index is 623. The number of hydrogen-bond donors (Lipinski definition) is 0. The van der Waals surface area contributed by atoms with Crippen molar-refractivity contribution >= 4 is 33.3 Å². The van der Waals surface area contributed by atoms with Gasteiger partial charge in [0.1, 0.15) is 17.3 Å². The van der Waals surface area contributed by atoms with Gasteiger partial charge in [0.15, 0.2) is 5.78 Å². The van der Waals surface area contributed by atoms with E-state index in [4.69, 9.17) is 16.3 Å². The first-order valence-corrected chi connectivity index (χ1v) is 6.57. The summed E-state index contributed by atoms with van der Waals surface area (Å²) in [4.78, 5) is 11.2. The molecule has 98 valence electrons. The zero-order valence-corrected chi connectivity index (χ0v) is 12.3. The summed E-state index contributed by atoms with van der Waals surface area (Å²) in [7, 11) is 0. The van der Waals surface area contributed by atoms with Crippen LogP contribution < -0.4 is 4.74 Å². The molecular weight excluding hydrogens is 335 g/mol. The smallest absolute Gasteiger partial charge is 0.159 e. The van der Waals surface area contributed by atoms with Crippen molar-refractivity contribution in [1.29, 1.82) is 0 Å². The summed E-state index contributed by atoms with van der Waals surface area (Å²) in [6.07, 6.45) is 0. The van der Waals surface area contributed by atoms with Gasteiger partial charge in [-0.05, 0) is 37.3 Å². The topological polar surface area (TPSA) is 26.3 Å². The maximum Gasteiger partial charge on any atom is 0.159 e. The van der Waals surface area contributed by atoms with Crippen LogP contribution in [-0.2, 0) is 0 Å². The van der Waals surface area contributed by atoms with Gasteiger partial charge in [-0.3, -0.25) is 4.79 Å². The Balaban J connectivity index is 2.30. The number of benzene rings is 2. The van der Waals surface area contributed by atoms with E-state index < -0.39 is 5.82 Å². The van der Waals surface area contributed by atoms with E-state index in [0.29, 0.717) is 26.6 Å². The number of Topliss-reactive ketones (excluding diaryl/α,β-unsaturated/α-hetero) is 1. The molecule has 0 aromatic heterocycles. The van der Waals surface area contributed by atoms with Crippen molar-refractivity contribution in [2.24, 2.45) is 0 Å². The van der Waals surface area contributed by atoms with Crippen molar-refractivity contribution in [3.63, 3.8) is 0 Å². The van der Waals surface area contributed by atoms with Crippen LogP contribution in [0, 0.1) is 5.82 Å². The molecule has 0 fully saturated rings. The standard InChI is InChI=1S/C14H9BrClFO2/c1-8(18)9-2-3-14(13(16)4-9)19-12-6-10(15)5-11(17)7-12/h2-7H,1H3. The summed E-state index contributed by atoms with van der Waals surface area (Å²) in [6, 6.07) is 8.91. The zero-order valence-electron chi connectivity index (χ0n) is 9.91. The SMILES string of the molecule is CC(=O)c1ccc(Oc2cc(F)cc(Br)c2)c(Cl)c1. The molecule has 2 aromatic rings. The monoisotopic (exact) mass is 342 g/mol. The van der Waals surface area contributed by atoms with Gasteiger partial charge in [-0.15, -0.1) is 0 Å². The van der Waals surface area contributed by atoms with E-state index in [1.54, 1.807) is 18.2 Å². The molecule has 5 heteroatoms. The molecule has 0 saturated carbocycles. The minimum Gasteiger partial charge on any atom is -0.456 e. The molecule has 0 bridgehead atoms. The zero-order chi connectivity index (χ0) is 14.0. The summed E-state index contributed by atoms with van der Waals surface area (Å²) < 4.78 is 19.3. The number of rotatable bonds is 3. The van der Waals surface area contributed by atoms with E-state index >= 15 is 0 Å². The van der Waals surface area contributed by atoms with Crippen LogP contribution in [0.1, 0.15) is 17.3 Å². The molecule has 0 radical (unpaired) electrons. The van der Waals surface area contributed by atoms with E-state index in [2.05, 4.69) is 15.9 Å². The fourth-order valence-corrected chi connectivity index (χ4v) is 2.18. The predicted octanol–water partition coefficient (Wildman–Crippen LogP) is 5.24. The van der Waals surface area contributed by atoms with Crippen LogP contribution in [0.5, 0.6) is 11.5 Å². The number of halogens is 3. The predicted molar refractivity (Wildman–Crippen MR) is 75.6 cm³/mol. The Hall–Kier alpha value is -1.39. The van der Waals surface area contributed by atoms with Gasteiger partial charge in [0.25, 0.3) is 0 Å². The molecule has 0 aliphatic heterocycles. The van der Waals surface area contributed by atoms with Crippen molar-refractivity contribution < 1.29 is 13.9 Å². The maximum atomic E-state index is 13.2. The first kappa shape index (κ1) is 14.0. The lowest BCUT2D eigenvalue weighted by Crippen LogP contribution is -1.93. The molecule has 0 saturated heterocycles. The van der Waals surface area contributed by atoms with Crippen molar-refractivity contribution in [2.45, 2.75) is 6.92 Å². The highest BCUT2D eigenvalue weighted by Gasteiger charge is 2.08. The molecular formula is C14H9BrClFO2. The van der Waals surface area contributed by atoms with Crippen LogP contribution in [0.4, 0.5) is 4.39 Å². The quantitative estimate of drug-likeness (QED) is 0.713. The number of carbonyl (C=O) groups excluding carboxylic acids is 1. The summed E-state index contributed by atoms with van der Waals surface area (Å²) >= 11 is 9.20. The van der Waals surface area contributed by atoms with Gasteiger partial charge in [-0.2, -0.15) is 0 Å². The van der Waals surface area contributed by atoms with E-state index in [-0.39, 0.29) is 5.78 Å². The number of ketones is 1. The van der Waals surface area contributed by atoms with E-state index in [1.807, 2.05) is 0 Å². The summed E-state index contributed by atoms with van der Waals surface area (Å²) in [6.45, 7) is 1.45. The van der Waals surface area contributed by atoms with Crippen LogP contribution in [0.2, 0.25) is 5.02 Å². The largest absolute Gasteiger partial charge is 0.456 e. The van der Waals surface area contributed by atoms with E-state index in [1.165, 1.54) is 25.1 Å². The second-order valence-corrected chi connectivity index (χ2v) is 5.23. The Kier molecular flexibility index (Phi) is 4.22. The first-order valence-electron chi connectivity index (χ1n) is 5.40. The number of ether oxygens (including phenoxy) is 1. The van der Waals surface area contributed by atoms with E-state index in [0.717, 1.165) is 0 Å². The van der Waals surface area contributed by atoms with Gasteiger partial charge < -0.3 is 4.74 Å². The fourth-order valence-electron chi connectivity index (χ4n) is 1.52. The third-order valence-corrected chi connectivity index (χ3v) is 3.16. The van der Waals surface area contributed by atoms with Crippen LogP contribution in [-0.4, -0.2) is 5.78 Å².